The molecule has 154 valence electrons. The number of carboxylic acid groups (broad SMARTS) is 1. The van der Waals surface area contributed by atoms with E-state index in [4.69, 9.17) is 16.3 Å². The van der Waals surface area contributed by atoms with Crippen molar-refractivity contribution in [3.05, 3.63) is 47.2 Å². The Kier molecular flexibility index (Phi) is 6.42. The number of methoxy groups -OCH3 is 1. The Balaban J connectivity index is 1.82. The minimum atomic E-state index is -1.22. The molecule has 7 heteroatoms. The molecule has 2 N–H and O–H groups in total. The maximum Gasteiger partial charge on any atom is 0.329 e. The van der Waals surface area contributed by atoms with Crippen LogP contribution in [0, 0.1) is 5.92 Å². The molecule has 0 radical (unpaired) electrons. The number of carbonyl (C=O) groups excluding carboxylic acids is 1. The van der Waals surface area contributed by atoms with Gasteiger partial charge >= 0.3 is 5.97 Å². The average molecular weight is 417 g/mol. The van der Waals surface area contributed by atoms with E-state index in [1.807, 2.05) is 6.07 Å². The molecule has 0 saturated heterocycles. The first-order chi connectivity index (χ1) is 13.9. The molecular formula is C22H25ClN2O4. The van der Waals surface area contributed by atoms with Gasteiger partial charge in [0.1, 0.15) is 11.3 Å². The first-order valence-corrected chi connectivity index (χ1v) is 10.1. The van der Waals surface area contributed by atoms with Crippen molar-refractivity contribution in [2.75, 3.05) is 7.11 Å². The minimum Gasteiger partial charge on any atom is -0.495 e. The summed E-state index contributed by atoms with van der Waals surface area (Å²) in [5.74, 6) is -0.338. The maximum atomic E-state index is 12.9. The van der Waals surface area contributed by atoms with E-state index in [1.54, 1.807) is 31.5 Å². The molecule has 0 spiro atoms. The second kappa shape index (κ2) is 8.82. The molecular weight excluding hydrogens is 392 g/mol. The van der Waals surface area contributed by atoms with Gasteiger partial charge in [-0.3, -0.25) is 9.78 Å². The quantitative estimate of drug-likeness (QED) is 0.720. The number of aliphatic carboxylic acids is 1. The van der Waals surface area contributed by atoms with Gasteiger partial charge in [-0.05, 0) is 55.4 Å². The molecule has 1 saturated carbocycles. The van der Waals surface area contributed by atoms with Crippen molar-refractivity contribution >= 4 is 23.5 Å². The summed E-state index contributed by atoms with van der Waals surface area (Å²) in [4.78, 5) is 29.0. The lowest BCUT2D eigenvalue weighted by Gasteiger charge is -2.37. The van der Waals surface area contributed by atoms with E-state index < -0.39 is 17.4 Å². The number of ether oxygens (including phenoxy) is 1. The smallest absolute Gasteiger partial charge is 0.329 e. The fraction of sp³-hybridized carbons (Fsp3) is 0.409. The Hall–Kier alpha value is -2.60. The minimum absolute atomic E-state index is 0.313. The SMILES string of the molecule is CCC1CCC(NC(=O)c2cncc(-c3ccc(OC)c(Cl)c3)c2)(C(=O)O)CC1. The van der Waals surface area contributed by atoms with Gasteiger partial charge < -0.3 is 15.2 Å². The summed E-state index contributed by atoms with van der Waals surface area (Å²) >= 11 is 6.20. The van der Waals surface area contributed by atoms with Crippen LogP contribution in [0.3, 0.4) is 0 Å². The third-order valence-corrected chi connectivity index (χ3v) is 6.08. The number of hydrogen-bond donors (Lipinski definition) is 2. The summed E-state index contributed by atoms with van der Waals surface area (Å²) in [7, 11) is 1.54. The molecule has 1 amide bonds. The lowest BCUT2D eigenvalue weighted by molar-refractivity contribution is -0.146. The third kappa shape index (κ3) is 4.53. The fourth-order valence-electron chi connectivity index (χ4n) is 3.83. The summed E-state index contributed by atoms with van der Waals surface area (Å²) in [6.07, 6.45) is 6.57. The van der Waals surface area contributed by atoms with Crippen molar-refractivity contribution in [2.45, 2.75) is 44.6 Å². The second-order valence-electron chi connectivity index (χ2n) is 7.50. The molecule has 1 heterocycles. The first kappa shape index (κ1) is 21.1. The van der Waals surface area contributed by atoms with Gasteiger partial charge in [-0.25, -0.2) is 4.79 Å². The standard InChI is InChI=1S/C22H25ClN2O4/c1-3-14-6-8-22(9-7-14,21(27)28)25-20(26)17-10-16(12-24-13-17)15-4-5-19(29-2)18(23)11-15/h4-5,10-14H,3,6-9H2,1-2H3,(H,25,26)(H,27,28). The Labute approximate surface area is 175 Å². The maximum absolute atomic E-state index is 12.9. The summed E-state index contributed by atoms with van der Waals surface area (Å²) in [5, 5.41) is 13.0. The molecule has 1 aromatic carbocycles. The lowest BCUT2D eigenvalue weighted by Crippen LogP contribution is -2.56. The van der Waals surface area contributed by atoms with E-state index in [0.29, 0.717) is 40.7 Å². The predicted molar refractivity (Wildman–Crippen MR) is 111 cm³/mol. The fourth-order valence-corrected chi connectivity index (χ4v) is 4.09. The summed E-state index contributed by atoms with van der Waals surface area (Å²) in [6, 6.07) is 7.00. The predicted octanol–water partition coefficient (Wildman–Crippen LogP) is 4.56. The average Bonchev–Trinajstić information content (AvgIpc) is 2.74. The van der Waals surface area contributed by atoms with Crippen molar-refractivity contribution in [1.82, 2.24) is 10.3 Å². The number of halogens is 1. The molecule has 0 aliphatic heterocycles. The molecule has 2 aromatic rings. The largest absolute Gasteiger partial charge is 0.495 e. The van der Waals surface area contributed by atoms with Gasteiger partial charge in [0.05, 0.1) is 17.7 Å². The summed E-state index contributed by atoms with van der Waals surface area (Å²) in [6.45, 7) is 2.11. The monoisotopic (exact) mass is 416 g/mol. The van der Waals surface area contributed by atoms with Gasteiger partial charge in [0.25, 0.3) is 5.91 Å². The molecule has 29 heavy (non-hydrogen) atoms. The zero-order valence-electron chi connectivity index (χ0n) is 16.6. The van der Waals surface area contributed by atoms with Crippen molar-refractivity contribution in [3.63, 3.8) is 0 Å². The van der Waals surface area contributed by atoms with Crippen LogP contribution >= 0.6 is 11.6 Å². The number of pyridine rings is 1. The molecule has 0 atom stereocenters. The van der Waals surface area contributed by atoms with Crippen LogP contribution in [0.5, 0.6) is 5.75 Å². The zero-order chi connectivity index (χ0) is 21.0. The topological polar surface area (TPSA) is 88.5 Å². The van der Waals surface area contributed by atoms with Crippen molar-refractivity contribution in [1.29, 1.82) is 0 Å². The Morgan fingerprint density at radius 1 is 1.24 bits per heavy atom. The molecule has 1 fully saturated rings. The van der Waals surface area contributed by atoms with Crippen LogP contribution in [-0.4, -0.2) is 34.6 Å². The number of carbonyl (C=O) groups is 2. The van der Waals surface area contributed by atoms with E-state index in [9.17, 15) is 14.7 Å². The number of rotatable bonds is 6. The molecule has 3 rings (SSSR count). The van der Waals surface area contributed by atoms with Crippen LogP contribution in [0.2, 0.25) is 5.02 Å². The van der Waals surface area contributed by atoms with Gasteiger partial charge in [0.2, 0.25) is 0 Å². The third-order valence-electron chi connectivity index (χ3n) is 5.78. The van der Waals surface area contributed by atoms with Gasteiger partial charge in [0.15, 0.2) is 0 Å². The number of benzene rings is 1. The van der Waals surface area contributed by atoms with Crippen LogP contribution < -0.4 is 10.1 Å². The van der Waals surface area contributed by atoms with Crippen molar-refractivity contribution in [3.8, 4) is 16.9 Å². The number of nitrogens with zero attached hydrogens (tertiary/aromatic N) is 1. The van der Waals surface area contributed by atoms with E-state index >= 15 is 0 Å². The highest BCUT2D eigenvalue weighted by molar-refractivity contribution is 6.32. The van der Waals surface area contributed by atoms with Gasteiger partial charge in [0, 0.05) is 18.0 Å². The second-order valence-corrected chi connectivity index (χ2v) is 7.91. The highest BCUT2D eigenvalue weighted by atomic mass is 35.5. The van der Waals surface area contributed by atoms with E-state index in [1.165, 1.54) is 6.20 Å². The molecule has 1 aliphatic carbocycles. The highest BCUT2D eigenvalue weighted by Gasteiger charge is 2.43. The number of amides is 1. The van der Waals surface area contributed by atoms with Crippen molar-refractivity contribution < 1.29 is 19.4 Å². The van der Waals surface area contributed by atoms with Gasteiger partial charge in [-0.15, -0.1) is 0 Å². The molecule has 6 nitrogen and oxygen atoms in total. The Bertz CT molecular complexity index is 907. The number of aromatic nitrogens is 1. The summed E-state index contributed by atoms with van der Waals surface area (Å²) in [5.41, 5.74) is 0.589. The van der Waals surface area contributed by atoms with E-state index in [-0.39, 0.29) is 0 Å². The number of carboxylic acids is 1. The van der Waals surface area contributed by atoms with Crippen LogP contribution in [-0.2, 0) is 4.79 Å². The van der Waals surface area contributed by atoms with Crippen LogP contribution in [0.4, 0.5) is 0 Å². The molecule has 1 aliphatic rings. The molecule has 0 bridgehead atoms. The molecule has 1 aromatic heterocycles. The van der Waals surface area contributed by atoms with E-state index in [0.717, 1.165) is 24.8 Å². The van der Waals surface area contributed by atoms with E-state index in [2.05, 4.69) is 17.2 Å². The normalized spacial score (nSPS) is 21.4. The van der Waals surface area contributed by atoms with Crippen molar-refractivity contribution in [2.24, 2.45) is 5.92 Å². The van der Waals surface area contributed by atoms with Gasteiger partial charge in [-0.1, -0.05) is 31.0 Å². The highest BCUT2D eigenvalue weighted by Crippen LogP contribution is 2.34. The Morgan fingerprint density at radius 2 is 1.97 bits per heavy atom. The van der Waals surface area contributed by atoms with Crippen LogP contribution in [0.15, 0.2) is 36.7 Å². The summed E-state index contributed by atoms with van der Waals surface area (Å²) < 4.78 is 5.16. The number of nitrogens with one attached hydrogen (secondary N) is 1. The van der Waals surface area contributed by atoms with Gasteiger partial charge in [-0.2, -0.15) is 0 Å². The number of hydrogen-bond acceptors (Lipinski definition) is 4. The zero-order valence-corrected chi connectivity index (χ0v) is 17.3. The molecule has 0 unspecified atom stereocenters. The lowest BCUT2D eigenvalue weighted by atomic mass is 9.75. The van der Waals surface area contributed by atoms with Crippen LogP contribution in [0.25, 0.3) is 11.1 Å². The van der Waals surface area contributed by atoms with Crippen LogP contribution in [0.1, 0.15) is 49.4 Å². The first-order valence-electron chi connectivity index (χ1n) is 9.73. The Morgan fingerprint density at radius 3 is 2.55 bits per heavy atom.